The lowest BCUT2D eigenvalue weighted by atomic mass is 10.2. The van der Waals surface area contributed by atoms with Crippen LogP contribution in [0.4, 0.5) is 5.82 Å². The molecule has 4 nitrogen and oxygen atoms in total. The van der Waals surface area contributed by atoms with E-state index in [1.807, 2.05) is 0 Å². The summed E-state index contributed by atoms with van der Waals surface area (Å²) in [6.45, 7) is 5.19. The average Bonchev–Trinajstić information content (AvgIpc) is 3.41. The summed E-state index contributed by atoms with van der Waals surface area (Å²) in [6, 6.07) is 12.9. The van der Waals surface area contributed by atoms with Crippen molar-refractivity contribution in [2.75, 3.05) is 31.1 Å². The summed E-state index contributed by atoms with van der Waals surface area (Å²) >= 11 is 3.55. The lowest BCUT2D eigenvalue weighted by Gasteiger charge is -2.35. The highest BCUT2D eigenvalue weighted by atomic mass is 79.9. The van der Waals surface area contributed by atoms with Crippen molar-refractivity contribution in [1.29, 1.82) is 0 Å². The molecule has 1 aliphatic heterocycles. The molecule has 0 spiro atoms. The van der Waals surface area contributed by atoms with Crippen molar-refractivity contribution < 1.29 is 0 Å². The summed E-state index contributed by atoms with van der Waals surface area (Å²) in [4.78, 5) is 4.85. The Bertz CT molecular complexity index is 661. The van der Waals surface area contributed by atoms with Gasteiger partial charge in [-0.15, -0.1) is 5.10 Å². The molecule has 1 saturated carbocycles. The van der Waals surface area contributed by atoms with E-state index in [0.717, 1.165) is 43.0 Å². The molecule has 0 N–H and O–H groups in total. The second kappa shape index (κ2) is 6.57. The molecule has 1 aromatic heterocycles. The maximum atomic E-state index is 4.44. The van der Waals surface area contributed by atoms with Crippen molar-refractivity contribution in [2.45, 2.75) is 25.3 Å². The second-order valence-electron chi connectivity index (χ2n) is 6.48. The monoisotopic (exact) mass is 372 g/mol. The number of benzene rings is 1. The second-order valence-corrected chi connectivity index (χ2v) is 7.40. The van der Waals surface area contributed by atoms with Crippen LogP contribution in [0.25, 0.3) is 0 Å². The highest BCUT2D eigenvalue weighted by Gasteiger charge is 2.26. The molecular weight excluding hydrogens is 352 g/mol. The zero-order valence-electron chi connectivity index (χ0n) is 13.2. The molecule has 0 bridgehead atoms. The number of aromatic nitrogens is 2. The van der Waals surface area contributed by atoms with Crippen molar-refractivity contribution >= 4 is 21.7 Å². The summed E-state index contributed by atoms with van der Waals surface area (Å²) in [5.41, 5.74) is 2.53. The van der Waals surface area contributed by atoms with E-state index in [1.54, 1.807) is 0 Å². The van der Waals surface area contributed by atoms with Gasteiger partial charge in [0.1, 0.15) is 0 Å². The fraction of sp³-hybridized carbons (Fsp3) is 0.444. The normalized spacial score (nSPS) is 19.1. The average molecular weight is 373 g/mol. The standard InChI is InChI=1S/C18H21BrN4/c19-16-3-1-2-14(12-16)13-22-8-10-23(11-9-22)18-7-6-17(20-21-18)15-4-5-15/h1-3,6-7,12,15H,4-5,8-11,13H2. The van der Waals surface area contributed by atoms with Crippen LogP contribution in [-0.2, 0) is 6.54 Å². The van der Waals surface area contributed by atoms with Gasteiger partial charge in [0.15, 0.2) is 5.82 Å². The van der Waals surface area contributed by atoms with Gasteiger partial charge in [-0.05, 0) is 42.7 Å². The molecule has 23 heavy (non-hydrogen) atoms. The summed E-state index contributed by atoms with van der Waals surface area (Å²) in [7, 11) is 0. The van der Waals surface area contributed by atoms with Crippen LogP contribution in [-0.4, -0.2) is 41.3 Å². The molecule has 0 atom stereocenters. The van der Waals surface area contributed by atoms with Crippen LogP contribution in [0.1, 0.15) is 30.0 Å². The van der Waals surface area contributed by atoms with Crippen LogP contribution < -0.4 is 4.90 Å². The van der Waals surface area contributed by atoms with Gasteiger partial charge in [0, 0.05) is 43.1 Å². The Morgan fingerprint density at radius 3 is 2.48 bits per heavy atom. The topological polar surface area (TPSA) is 32.3 Å². The molecule has 0 radical (unpaired) electrons. The van der Waals surface area contributed by atoms with Gasteiger partial charge < -0.3 is 4.90 Å². The minimum atomic E-state index is 0.679. The van der Waals surface area contributed by atoms with E-state index in [-0.39, 0.29) is 0 Å². The highest BCUT2D eigenvalue weighted by Crippen LogP contribution is 2.38. The Hall–Kier alpha value is -1.46. The Morgan fingerprint density at radius 2 is 1.83 bits per heavy atom. The minimum absolute atomic E-state index is 0.679. The fourth-order valence-electron chi connectivity index (χ4n) is 3.13. The van der Waals surface area contributed by atoms with Crippen LogP contribution in [0.15, 0.2) is 40.9 Å². The lowest BCUT2D eigenvalue weighted by Crippen LogP contribution is -2.46. The first-order valence-corrected chi connectivity index (χ1v) is 9.12. The van der Waals surface area contributed by atoms with Crippen molar-refractivity contribution in [2.24, 2.45) is 0 Å². The van der Waals surface area contributed by atoms with E-state index in [1.165, 1.54) is 24.1 Å². The van der Waals surface area contributed by atoms with E-state index in [2.05, 4.69) is 72.3 Å². The summed E-state index contributed by atoms with van der Waals surface area (Å²) < 4.78 is 1.15. The van der Waals surface area contributed by atoms with E-state index >= 15 is 0 Å². The van der Waals surface area contributed by atoms with Crippen LogP contribution in [0, 0.1) is 0 Å². The number of anilines is 1. The first kappa shape index (κ1) is 15.1. The number of nitrogens with zero attached hydrogens (tertiary/aromatic N) is 4. The Kier molecular flexibility index (Phi) is 4.31. The molecule has 2 heterocycles. The van der Waals surface area contributed by atoms with Crippen molar-refractivity contribution in [3.8, 4) is 0 Å². The van der Waals surface area contributed by atoms with Gasteiger partial charge >= 0.3 is 0 Å². The smallest absolute Gasteiger partial charge is 0.151 e. The Morgan fingerprint density at radius 1 is 1.00 bits per heavy atom. The minimum Gasteiger partial charge on any atom is -0.353 e. The predicted molar refractivity (Wildman–Crippen MR) is 95.6 cm³/mol. The van der Waals surface area contributed by atoms with Crippen molar-refractivity contribution in [3.63, 3.8) is 0 Å². The van der Waals surface area contributed by atoms with E-state index in [4.69, 9.17) is 0 Å². The van der Waals surface area contributed by atoms with E-state index < -0.39 is 0 Å². The molecule has 2 aromatic rings. The largest absolute Gasteiger partial charge is 0.353 e. The number of hydrogen-bond donors (Lipinski definition) is 0. The molecule has 0 amide bonds. The summed E-state index contributed by atoms with van der Waals surface area (Å²) in [6.07, 6.45) is 2.56. The maximum absolute atomic E-state index is 4.44. The Balaban J connectivity index is 1.33. The molecule has 1 aromatic carbocycles. The number of hydrogen-bond acceptors (Lipinski definition) is 4. The van der Waals surface area contributed by atoms with Crippen LogP contribution >= 0.6 is 15.9 Å². The molecule has 0 unspecified atom stereocenters. The fourth-order valence-corrected chi connectivity index (χ4v) is 3.58. The first-order valence-electron chi connectivity index (χ1n) is 8.33. The summed E-state index contributed by atoms with van der Waals surface area (Å²) in [5, 5.41) is 8.84. The van der Waals surface area contributed by atoms with Crippen LogP contribution in [0.5, 0.6) is 0 Å². The van der Waals surface area contributed by atoms with E-state index in [9.17, 15) is 0 Å². The molecule has 1 saturated heterocycles. The van der Waals surface area contributed by atoms with Gasteiger partial charge in [0.2, 0.25) is 0 Å². The molecule has 4 rings (SSSR count). The zero-order valence-corrected chi connectivity index (χ0v) is 14.7. The van der Waals surface area contributed by atoms with Crippen molar-refractivity contribution in [1.82, 2.24) is 15.1 Å². The molecular formula is C18H21BrN4. The molecule has 2 fully saturated rings. The van der Waals surface area contributed by atoms with Crippen LogP contribution in [0.3, 0.4) is 0 Å². The molecule has 2 aliphatic rings. The van der Waals surface area contributed by atoms with Gasteiger partial charge in [0.25, 0.3) is 0 Å². The maximum Gasteiger partial charge on any atom is 0.151 e. The Labute approximate surface area is 145 Å². The number of halogens is 1. The predicted octanol–water partition coefficient (Wildman–Crippen LogP) is 3.44. The molecule has 5 heteroatoms. The quantitative estimate of drug-likeness (QED) is 0.822. The van der Waals surface area contributed by atoms with Gasteiger partial charge in [-0.25, -0.2) is 0 Å². The third-order valence-electron chi connectivity index (χ3n) is 4.66. The third kappa shape index (κ3) is 3.72. The van der Waals surface area contributed by atoms with Gasteiger partial charge in [0.05, 0.1) is 5.69 Å². The zero-order chi connectivity index (χ0) is 15.6. The van der Waals surface area contributed by atoms with Gasteiger partial charge in [-0.1, -0.05) is 28.1 Å². The van der Waals surface area contributed by atoms with Gasteiger partial charge in [-0.3, -0.25) is 4.90 Å². The number of rotatable bonds is 4. The molecule has 1 aliphatic carbocycles. The first-order chi connectivity index (χ1) is 11.3. The van der Waals surface area contributed by atoms with E-state index in [0.29, 0.717) is 5.92 Å². The SMILES string of the molecule is Brc1cccc(CN2CCN(c3ccc(C4CC4)nn3)CC2)c1. The highest BCUT2D eigenvalue weighted by molar-refractivity contribution is 9.10. The van der Waals surface area contributed by atoms with Crippen LogP contribution in [0.2, 0.25) is 0 Å². The number of piperazine rings is 1. The third-order valence-corrected chi connectivity index (χ3v) is 5.15. The van der Waals surface area contributed by atoms with Crippen molar-refractivity contribution in [3.05, 3.63) is 52.1 Å². The lowest BCUT2D eigenvalue weighted by molar-refractivity contribution is 0.249. The molecule has 120 valence electrons. The summed E-state index contributed by atoms with van der Waals surface area (Å²) in [5.74, 6) is 1.70. The van der Waals surface area contributed by atoms with Gasteiger partial charge in [-0.2, -0.15) is 5.10 Å².